The Morgan fingerprint density at radius 2 is 1.52 bits per heavy atom. The Bertz CT molecular complexity index is 952. The van der Waals surface area contributed by atoms with Crippen molar-refractivity contribution < 1.29 is 19.1 Å². The van der Waals surface area contributed by atoms with Crippen molar-refractivity contribution in [1.29, 1.82) is 0 Å². The summed E-state index contributed by atoms with van der Waals surface area (Å²) in [7, 11) is 0. The van der Waals surface area contributed by atoms with Gasteiger partial charge in [-0.2, -0.15) is 0 Å². The molecule has 0 atom stereocenters. The molecule has 0 saturated carbocycles. The van der Waals surface area contributed by atoms with Gasteiger partial charge in [-0.1, -0.05) is 67.6 Å². The molecule has 3 rings (SSSR count). The van der Waals surface area contributed by atoms with Crippen LogP contribution in [0.3, 0.4) is 0 Å². The summed E-state index contributed by atoms with van der Waals surface area (Å²) in [5, 5.41) is 2.70. The number of esters is 1. The summed E-state index contributed by atoms with van der Waals surface area (Å²) in [5.41, 5.74) is 3.72. The van der Waals surface area contributed by atoms with E-state index in [9.17, 15) is 9.59 Å². The zero-order chi connectivity index (χ0) is 20.5. The Labute approximate surface area is 170 Å². The second-order valence-electron chi connectivity index (χ2n) is 6.41. The van der Waals surface area contributed by atoms with E-state index in [2.05, 4.69) is 12.2 Å². The first kappa shape index (κ1) is 20.1. The highest BCUT2D eigenvalue weighted by atomic mass is 16.6. The van der Waals surface area contributed by atoms with Gasteiger partial charge in [-0.3, -0.25) is 4.79 Å². The number of anilines is 1. The van der Waals surface area contributed by atoms with Crippen LogP contribution in [0.1, 0.15) is 12.5 Å². The molecule has 0 bridgehead atoms. The lowest BCUT2D eigenvalue weighted by Crippen LogP contribution is -2.23. The minimum atomic E-state index is -0.607. The predicted octanol–water partition coefficient (Wildman–Crippen LogP) is 4.48. The summed E-state index contributed by atoms with van der Waals surface area (Å²) >= 11 is 0. The normalized spacial score (nSPS) is 10.2. The number of nitrogens with one attached hydrogen (secondary N) is 1. The van der Waals surface area contributed by atoms with Crippen LogP contribution in [0.15, 0.2) is 78.9 Å². The summed E-state index contributed by atoms with van der Waals surface area (Å²) in [6.07, 6.45) is 0.930. The first-order chi connectivity index (χ1) is 14.2. The van der Waals surface area contributed by atoms with Gasteiger partial charge in [0, 0.05) is 11.3 Å². The summed E-state index contributed by atoms with van der Waals surface area (Å²) < 4.78 is 10.6. The Morgan fingerprint density at radius 3 is 2.24 bits per heavy atom. The summed E-state index contributed by atoms with van der Waals surface area (Å²) in [5.74, 6) is -0.423. The smallest absolute Gasteiger partial charge is 0.344 e. The van der Waals surface area contributed by atoms with Crippen LogP contribution in [-0.2, 0) is 20.7 Å². The van der Waals surface area contributed by atoms with Crippen molar-refractivity contribution in [3.8, 4) is 16.9 Å². The molecule has 1 N–H and O–H groups in total. The largest absolute Gasteiger partial charge is 0.481 e. The van der Waals surface area contributed by atoms with Gasteiger partial charge in [-0.05, 0) is 35.7 Å². The molecule has 0 spiro atoms. The quantitative estimate of drug-likeness (QED) is 0.577. The highest BCUT2D eigenvalue weighted by Gasteiger charge is 2.11. The summed E-state index contributed by atoms with van der Waals surface area (Å²) in [4.78, 5) is 23.9. The second-order valence-corrected chi connectivity index (χ2v) is 6.41. The van der Waals surface area contributed by atoms with E-state index in [4.69, 9.17) is 9.47 Å². The average molecular weight is 389 g/mol. The molecule has 3 aromatic rings. The van der Waals surface area contributed by atoms with Crippen LogP contribution < -0.4 is 10.1 Å². The van der Waals surface area contributed by atoms with Gasteiger partial charge in [-0.25, -0.2) is 4.79 Å². The number of carbonyl (C=O) groups is 2. The highest BCUT2D eigenvalue weighted by Crippen LogP contribution is 2.29. The molecule has 0 aromatic heterocycles. The summed E-state index contributed by atoms with van der Waals surface area (Å²) in [6.45, 7) is 1.42. The second kappa shape index (κ2) is 10.1. The van der Waals surface area contributed by atoms with Gasteiger partial charge in [0.05, 0.1) is 0 Å². The highest BCUT2D eigenvalue weighted by molar-refractivity contribution is 5.92. The van der Waals surface area contributed by atoms with Crippen molar-refractivity contribution in [1.82, 2.24) is 0 Å². The van der Waals surface area contributed by atoms with Crippen LogP contribution in [-0.4, -0.2) is 25.1 Å². The maximum Gasteiger partial charge on any atom is 0.344 e. The van der Waals surface area contributed by atoms with Crippen molar-refractivity contribution in [2.24, 2.45) is 0 Å². The molecule has 0 fully saturated rings. The van der Waals surface area contributed by atoms with Crippen molar-refractivity contribution in [3.05, 3.63) is 84.4 Å². The summed E-state index contributed by atoms with van der Waals surface area (Å²) in [6, 6.07) is 24.8. The Kier molecular flexibility index (Phi) is 7.00. The van der Waals surface area contributed by atoms with E-state index >= 15 is 0 Å². The number of benzene rings is 3. The molecule has 0 aliphatic heterocycles. The number of rotatable bonds is 8. The van der Waals surface area contributed by atoms with Gasteiger partial charge in [0.1, 0.15) is 5.75 Å². The molecule has 5 heteroatoms. The molecule has 0 unspecified atom stereocenters. The maximum atomic E-state index is 12.0. The Balaban J connectivity index is 1.48. The van der Waals surface area contributed by atoms with Crippen molar-refractivity contribution >= 4 is 17.6 Å². The number of carbonyl (C=O) groups excluding carboxylic acids is 2. The van der Waals surface area contributed by atoms with Crippen molar-refractivity contribution in [3.63, 3.8) is 0 Å². The third-order valence-corrected chi connectivity index (χ3v) is 4.33. The molecular weight excluding hydrogens is 366 g/mol. The zero-order valence-corrected chi connectivity index (χ0v) is 16.3. The van der Waals surface area contributed by atoms with Crippen LogP contribution in [0, 0.1) is 0 Å². The number of hydrogen-bond donors (Lipinski definition) is 1. The van der Waals surface area contributed by atoms with Gasteiger partial charge in [-0.15, -0.1) is 0 Å². The topological polar surface area (TPSA) is 64.6 Å². The van der Waals surface area contributed by atoms with Crippen LogP contribution in [0.5, 0.6) is 5.75 Å². The number of aryl methyl sites for hydroxylation is 1. The monoisotopic (exact) mass is 389 g/mol. The molecule has 29 heavy (non-hydrogen) atoms. The van der Waals surface area contributed by atoms with E-state index in [1.165, 1.54) is 5.56 Å². The van der Waals surface area contributed by atoms with Crippen LogP contribution in [0.2, 0.25) is 0 Å². The lowest BCUT2D eigenvalue weighted by Gasteiger charge is -2.11. The molecule has 0 heterocycles. The van der Waals surface area contributed by atoms with Crippen LogP contribution >= 0.6 is 0 Å². The van der Waals surface area contributed by atoms with Gasteiger partial charge >= 0.3 is 5.97 Å². The maximum absolute atomic E-state index is 12.0. The average Bonchev–Trinajstić information content (AvgIpc) is 2.77. The zero-order valence-electron chi connectivity index (χ0n) is 16.3. The molecule has 5 nitrogen and oxygen atoms in total. The molecule has 0 aliphatic carbocycles. The number of para-hydroxylation sites is 1. The predicted molar refractivity (Wildman–Crippen MR) is 113 cm³/mol. The fourth-order valence-corrected chi connectivity index (χ4v) is 2.79. The van der Waals surface area contributed by atoms with E-state index < -0.39 is 11.9 Å². The third kappa shape index (κ3) is 5.94. The Morgan fingerprint density at radius 1 is 0.828 bits per heavy atom. The van der Waals surface area contributed by atoms with Crippen LogP contribution in [0.4, 0.5) is 5.69 Å². The number of hydrogen-bond acceptors (Lipinski definition) is 4. The van der Waals surface area contributed by atoms with E-state index in [0.717, 1.165) is 17.5 Å². The van der Waals surface area contributed by atoms with Crippen molar-refractivity contribution in [2.75, 3.05) is 18.5 Å². The van der Waals surface area contributed by atoms with E-state index in [-0.39, 0.29) is 13.2 Å². The minimum absolute atomic E-state index is 0.275. The molecule has 1 amide bonds. The van der Waals surface area contributed by atoms with Gasteiger partial charge in [0.25, 0.3) is 5.91 Å². The lowest BCUT2D eigenvalue weighted by atomic mass is 10.1. The number of ether oxygens (including phenoxy) is 2. The van der Waals surface area contributed by atoms with Gasteiger partial charge < -0.3 is 14.8 Å². The lowest BCUT2D eigenvalue weighted by molar-refractivity contribution is -0.149. The molecule has 3 aromatic carbocycles. The van der Waals surface area contributed by atoms with E-state index in [0.29, 0.717) is 11.4 Å². The standard InChI is InChI=1S/C24H23NO4/c1-2-18-12-14-20(15-13-18)25-23(26)16-29-24(27)17-28-22-11-7-6-10-21(22)19-8-4-3-5-9-19/h3-15H,2,16-17H2,1H3,(H,25,26). The van der Waals surface area contributed by atoms with Crippen LogP contribution in [0.25, 0.3) is 11.1 Å². The Hall–Kier alpha value is -3.60. The fraction of sp³-hybridized carbons (Fsp3) is 0.167. The molecule has 0 radical (unpaired) electrons. The first-order valence-electron chi connectivity index (χ1n) is 9.47. The number of amides is 1. The first-order valence-corrected chi connectivity index (χ1v) is 9.47. The van der Waals surface area contributed by atoms with Crippen molar-refractivity contribution in [2.45, 2.75) is 13.3 Å². The van der Waals surface area contributed by atoms with E-state index in [1.54, 1.807) is 6.07 Å². The molecule has 0 saturated heterocycles. The van der Waals surface area contributed by atoms with E-state index in [1.807, 2.05) is 72.8 Å². The SMILES string of the molecule is CCc1ccc(NC(=O)COC(=O)COc2ccccc2-c2ccccc2)cc1. The minimum Gasteiger partial charge on any atom is -0.481 e. The molecule has 148 valence electrons. The van der Waals surface area contributed by atoms with Gasteiger partial charge in [0.15, 0.2) is 13.2 Å². The molecule has 0 aliphatic rings. The fourth-order valence-electron chi connectivity index (χ4n) is 2.79. The third-order valence-electron chi connectivity index (χ3n) is 4.33. The van der Waals surface area contributed by atoms with Gasteiger partial charge in [0.2, 0.25) is 0 Å². The molecular formula is C24H23NO4.